The van der Waals surface area contributed by atoms with Gasteiger partial charge in [-0.25, -0.2) is 4.39 Å². The minimum atomic E-state index is -0.243. The molecule has 0 radical (unpaired) electrons. The standard InChI is InChI=1S/C18H21ClFN/c1-3-9-21-18(14-6-4-5-13(2)10-14)12-15-11-16(20)7-8-17(15)19/h4-8,10-11,18,21H,3,9,12H2,1-2H3. The van der Waals surface area contributed by atoms with Gasteiger partial charge in [0.05, 0.1) is 0 Å². The molecule has 1 N–H and O–H groups in total. The third-order valence-corrected chi connectivity index (χ3v) is 3.89. The molecule has 0 fully saturated rings. The molecule has 2 aromatic carbocycles. The highest BCUT2D eigenvalue weighted by Gasteiger charge is 2.14. The van der Waals surface area contributed by atoms with Crippen LogP contribution in [-0.4, -0.2) is 6.54 Å². The first-order valence-corrected chi connectivity index (χ1v) is 7.72. The Morgan fingerprint density at radius 2 is 2.00 bits per heavy atom. The molecule has 3 heteroatoms. The molecular weight excluding hydrogens is 285 g/mol. The zero-order valence-corrected chi connectivity index (χ0v) is 13.3. The fraction of sp³-hybridized carbons (Fsp3) is 0.333. The van der Waals surface area contributed by atoms with Gasteiger partial charge in [-0.15, -0.1) is 0 Å². The molecule has 1 atom stereocenters. The van der Waals surface area contributed by atoms with Crippen LogP contribution >= 0.6 is 11.6 Å². The Hall–Kier alpha value is -1.38. The summed E-state index contributed by atoms with van der Waals surface area (Å²) in [7, 11) is 0. The third-order valence-electron chi connectivity index (χ3n) is 3.52. The fourth-order valence-corrected chi connectivity index (χ4v) is 2.63. The van der Waals surface area contributed by atoms with Crippen LogP contribution in [-0.2, 0) is 6.42 Å². The summed E-state index contributed by atoms with van der Waals surface area (Å²) in [5.74, 6) is -0.243. The van der Waals surface area contributed by atoms with E-state index in [2.05, 4.69) is 43.4 Å². The van der Waals surface area contributed by atoms with Gasteiger partial charge in [0, 0.05) is 11.1 Å². The van der Waals surface area contributed by atoms with E-state index in [9.17, 15) is 4.39 Å². The quantitative estimate of drug-likeness (QED) is 0.785. The highest BCUT2D eigenvalue weighted by Crippen LogP contribution is 2.25. The van der Waals surface area contributed by atoms with Crippen LogP contribution < -0.4 is 5.32 Å². The molecule has 0 aromatic heterocycles. The first-order chi connectivity index (χ1) is 10.1. The first kappa shape index (κ1) is 16.0. The lowest BCUT2D eigenvalue weighted by Gasteiger charge is -2.20. The van der Waals surface area contributed by atoms with Gasteiger partial charge in [0.2, 0.25) is 0 Å². The van der Waals surface area contributed by atoms with E-state index in [0.717, 1.165) is 18.5 Å². The van der Waals surface area contributed by atoms with Crippen molar-refractivity contribution in [1.29, 1.82) is 0 Å². The van der Waals surface area contributed by atoms with Crippen LogP contribution in [0.2, 0.25) is 5.02 Å². The van der Waals surface area contributed by atoms with Crippen molar-refractivity contribution < 1.29 is 4.39 Å². The summed E-state index contributed by atoms with van der Waals surface area (Å²) in [5, 5.41) is 4.14. The van der Waals surface area contributed by atoms with Gasteiger partial charge in [-0.05, 0) is 55.6 Å². The lowest BCUT2D eigenvalue weighted by atomic mass is 9.97. The van der Waals surface area contributed by atoms with E-state index in [4.69, 9.17) is 11.6 Å². The second-order valence-electron chi connectivity index (χ2n) is 5.36. The zero-order chi connectivity index (χ0) is 15.2. The lowest BCUT2D eigenvalue weighted by molar-refractivity contribution is 0.527. The topological polar surface area (TPSA) is 12.0 Å². The summed E-state index contributed by atoms with van der Waals surface area (Å²) in [5.41, 5.74) is 3.27. The number of aryl methyl sites for hydroxylation is 1. The van der Waals surface area contributed by atoms with Crippen molar-refractivity contribution in [2.75, 3.05) is 6.54 Å². The van der Waals surface area contributed by atoms with Crippen LogP contribution in [0.5, 0.6) is 0 Å². The van der Waals surface area contributed by atoms with E-state index >= 15 is 0 Å². The van der Waals surface area contributed by atoms with Crippen LogP contribution in [0.15, 0.2) is 42.5 Å². The monoisotopic (exact) mass is 305 g/mol. The number of hydrogen-bond donors (Lipinski definition) is 1. The van der Waals surface area contributed by atoms with Crippen molar-refractivity contribution in [2.45, 2.75) is 32.7 Å². The van der Waals surface area contributed by atoms with Crippen molar-refractivity contribution in [3.63, 3.8) is 0 Å². The lowest BCUT2D eigenvalue weighted by Crippen LogP contribution is -2.24. The second kappa shape index (κ2) is 7.58. The Kier molecular flexibility index (Phi) is 5.77. The molecule has 0 aliphatic heterocycles. The van der Waals surface area contributed by atoms with Crippen LogP contribution in [0, 0.1) is 12.7 Å². The van der Waals surface area contributed by atoms with Crippen molar-refractivity contribution in [3.8, 4) is 0 Å². The Morgan fingerprint density at radius 3 is 2.71 bits per heavy atom. The van der Waals surface area contributed by atoms with Crippen molar-refractivity contribution in [3.05, 3.63) is 70.0 Å². The summed E-state index contributed by atoms with van der Waals surface area (Å²) in [6, 6.07) is 13.1. The Morgan fingerprint density at radius 1 is 1.19 bits per heavy atom. The molecule has 2 rings (SSSR count). The SMILES string of the molecule is CCCNC(Cc1cc(F)ccc1Cl)c1cccc(C)c1. The highest BCUT2D eigenvalue weighted by atomic mass is 35.5. The van der Waals surface area contributed by atoms with Gasteiger partial charge in [0.15, 0.2) is 0 Å². The molecule has 0 saturated heterocycles. The maximum absolute atomic E-state index is 13.4. The molecule has 0 saturated carbocycles. The highest BCUT2D eigenvalue weighted by molar-refractivity contribution is 6.31. The summed E-state index contributed by atoms with van der Waals surface area (Å²) in [4.78, 5) is 0. The molecule has 2 aromatic rings. The zero-order valence-electron chi connectivity index (χ0n) is 12.5. The van der Waals surface area contributed by atoms with Gasteiger partial charge in [0.25, 0.3) is 0 Å². The molecule has 112 valence electrons. The largest absolute Gasteiger partial charge is 0.310 e. The maximum atomic E-state index is 13.4. The van der Waals surface area contributed by atoms with Crippen LogP contribution in [0.4, 0.5) is 4.39 Å². The number of halogens is 2. The summed E-state index contributed by atoms with van der Waals surface area (Å²) in [6.45, 7) is 5.14. The fourth-order valence-electron chi connectivity index (χ4n) is 2.43. The molecule has 1 unspecified atom stereocenters. The number of nitrogens with one attached hydrogen (secondary N) is 1. The van der Waals surface area contributed by atoms with E-state index in [1.165, 1.54) is 23.3 Å². The maximum Gasteiger partial charge on any atom is 0.123 e. The molecule has 0 aliphatic rings. The molecule has 1 nitrogen and oxygen atoms in total. The first-order valence-electron chi connectivity index (χ1n) is 7.34. The molecule has 0 spiro atoms. The van der Waals surface area contributed by atoms with Crippen molar-refractivity contribution in [2.24, 2.45) is 0 Å². The molecule has 0 bridgehead atoms. The van der Waals surface area contributed by atoms with Gasteiger partial charge in [-0.1, -0.05) is 48.4 Å². The van der Waals surface area contributed by atoms with Gasteiger partial charge in [-0.2, -0.15) is 0 Å². The van der Waals surface area contributed by atoms with E-state index < -0.39 is 0 Å². The average molecular weight is 306 g/mol. The number of hydrogen-bond acceptors (Lipinski definition) is 1. The van der Waals surface area contributed by atoms with E-state index in [0.29, 0.717) is 11.4 Å². The van der Waals surface area contributed by atoms with Crippen LogP contribution in [0.3, 0.4) is 0 Å². The van der Waals surface area contributed by atoms with Gasteiger partial charge in [-0.3, -0.25) is 0 Å². The van der Waals surface area contributed by atoms with Gasteiger partial charge >= 0.3 is 0 Å². The van der Waals surface area contributed by atoms with Crippen LogP contribution in [0.1, 0.15) is 36.1 Å². The van der Waals surface area contributed by atoms with Gasteiger partial charge in [0.1, 0.15) is 5.82 Å². The summed E-state index contributed by atoms with van der Waals surface area (Å²) >= 11 is 6.20. The minimum Gasteiger partial charge on any atom is -0.310 e. The Balaban J connectivity index is 2.25. The second-order valence-corrected chi connectivity index (χ2v) is 5.77. The molecule has 0 aliphatic carbocycles. The molecule has 21 heavy (non-hydrogen) atoms. The summed E-state index contributed by atoms with van der Waals surface area (Å²) in [6.07, 6.45) is 1.74. The predicted octanol–water partition coefficient (Wildman–Crippen LogP) is 5.07. The molecular formula is C18H21ClFN. The number of rotatable bonds is 6. The average Bonchev–Trinajstić information content (AvgIpc) is 2.47. The Labute approximate surface area is 131 Å². The van der Waals surface area contributed by atoms with Crippen molar-refractivity contribution in [1.82, 2.24) is 5.32 Å². The minimum absolute atomic E-state index is 0.143. The smallest absolute Gasteiger partial charge is 0.123 e. The molecule has 0 amide bonds. The normalized spacial score (nSPS) is 12.4. The van der Waals surface area contributed by atoms with E-state index in [1.807, 2.05) is 0 Å². The predicted molar refractivity (Wildman–Crippen MR) is 87.3 cm³/mol. The van der Waals surface area contributed by atoms with Crippen LogP contribution in [0.25, 0.3) is 0 Å². The Bertz CT molecular complexity index is 598. The molecule has 0 heterocycles. The third kappa shape index (κ3) is 4.55. The van der Waals surface area contributed by atoms with E-state index in [-0.39, 0.29) is 11.9 Å². The van der Waals surface area contributed by atoms with Gasteiger partial charge < -0.3 is 5.32 Å². The van der Waals surface area contributed by atoms with E-state index in [1.54, 1.807) is 6.07 Å². The van der Waals surface area contributed by atoms with Crippen molar-refractivity contribution >= 4 is 11.6 Å². The summed E-state index contributed by atoms with van der Waals surface area (Å²) < 4.78 is 13.4. The number of benzene rings is 2.